The molecule has 3 nitrogen and oxygen atoms in total. The molecule has 1 atom stereocenters. The lowest BCUT2D eigenvalue weighted by Crippen LogP contribution is -2.33. The van der Waals surface area contributed by atoms with E-state index >= 15 is 0 Å². The molecule has 2 aromatic rings. The van der Waals surface area contributed by atoms with Gasteiger partial charge in [-0.15, -0.1) is 0 Å². The third-order valence-electron chi connectivity index (χ3n) is 4.47. The van der Waals surface area contributed by atoms with E-state index < -0.39 is 0 Å². The summed E-state index contributed by atoms with van der Waals surface area (Å²) in [6.45, 7) is 6.63. The van der Waals surface area contributed by atoms with Crippen molar-refractivity contribution in [2.45, 2.75) is 19.4 Å². The summed E-state index contributed by atoms with van der Waals surface area (Å²) < 4.78 is 5.91. The second-order valence-electron chi connectivity index (χ2n) is 6.21. The molecule has 134 valence electrons. The highest BCUT2D eigenvalue weighted by molar-refractivity contribution is 6.31. The summed E-state index contributed by atoms with van der Waals surface area (Å²) in [4.78, 5) is 2.49. The van der Waals surface area contributed by atoms with E-state index in [-0.39, 0.29) is 6.04 Å². The molecule has 0 saturated carbocycles. The molecule has 3 rings (SSSR count). The van der Waals surface area contributed by atoms with Gasteiger partial charge in [0.2, 0.25) is 0 Å². The lowest BCUT2D eigenvalue weighted by molar-refractivity contribution is 0.233. The van der Waals surface area contributed by atoms with Gasteiger partial charge < -0.3 is 10.1 Å². The second kappa shape index (κ2) is 8.91. The molecule has 0 bridgehead atoms. The Balaban J connectivity index is 2.08. The Kier molecular flexibility index (Phi) is 6.60. The van der Waals surface area contributed by atoms with E-state index in [1.54, 1.807) is 0 Å². The van der Waals surface area contributed by atoms with Crippen LogP contribution in [0.15, 0.2) is 42.5 Å². The van der Waals surface area contributed by atoms with Crippen LogP contribution in [0.3, 0.4) is 0 Å². The average Bonchev–Trinajstić information content (AvgIpc) is 2.87. The van der Waals surface area contributed by atoms with Crippen molar-refractivity contribution >= 4 is 23.2 Å². The SMILES string of the molecule is CCOc1ccc(Cl)cc1C(c1cccc(Cl)c1)N1CCCNCC1. The van der Waals surface area contributed by atoms with Crippen LogP contribution in [0.25, 0.3) is 0 Å². The molecule has 0 radical (unpaired) electrons. The normalized spacial score (nSPS) is 17.1. The zero-order chi connectivity index (χ0) is 17.6. The van der Waals surface area contributed by atoms with Gasteiger partial charge in [0.15, 0.2) is 0 Å². The fourth-order valence-corrected chi connectivity index (χ4v) is 3.79. The summed E-state index contributed by atoms with van der Waals surface area (Å²) in [7, 11) is 0. The quantitative estimate of drug-likeness (QED) is 0.810. The van der Waals surface area contributed by atoms with E-state index in [1.165, 1.54) is 0 Å². The molecule has 25 heavy (non-hydrogen) atoms. The largest absolute Gasteiger partial charge is 0.494 e. The monoisotopic (exact) mass is 378 g/mol. The molecule has 1 aliphatic heterocycles. The van der Waals surface area contributed by atoms with Crippen molar-refractivity contribution in [2.75, 3.05) is 32.8 Å². The number of ether oxygens (including phenoxy) is 1. The number of nitrogens with zero attached hydrogens (tertiary/aromatic N) is 1. The van der Waals surface area contributed by atoms with Gasteiger partial charge in [0, 0.05) is 35.2 Å². The number of hydrogen-bond donors (Lipinski definition) is 1. The smallest absolute Gasteiger partial charge is 0.124 e. The number of nitrogens with one attached hydrogen (secondary N) is 1. The first-order chi connectivity index (χ1) is 12.2. The van der Waals surface area contributed by atoms with Gasteiger partial charge in [0.25, 0.3) is 0 Å². The average molecular weight is 379 g/mol. The zero-order valence-corrected chi connectivity index (χ0v) is 16.0. The Morgan fingerprint density at radius 3 is 2.72 bits per heavy atom. The Bertz CT molecular complexity index is 700. The van der Waals surface area contributed by atoms with Gasteiger partial charge >= 0.3 is 0 Å². The number of rotatable bonds is 5. The molecule has 1 saturated heterocycles. The molecule has 0 spiro atoms. The molecular weight excluding hydrogens is 355 g/mol. The van der Waals surface area contributed by atoms with Crippen molar-refractivity contribution in [2.24, 2.45) is 0 Å². The topological polar surface area (TPSA) is 24.5 Å². The van der Waals surface area contributed by atoms with Gasteiger partial charge in [0.1, 0.15) is 5.75 Å². The lowest BCUT2D eigenvalue weighted by Gasteiger charge is -2.32. The molecule has 1 aliphatic rings. The molecule has 1 fully saturated rings. The van der Waals surface area contributed by atoms with Gasteiger partial charge in [-0.2, -0.15) is 0 Å². The maximum Gasteiger partial charge on any atom is 0.124 e. The summed E-state index contributed by atoms with van der Waals surface area (Å²) in [5, 5.41) is 4.94. The third-order valence-corrected chi connectivity index (χ3v) is 4.94. The van der Waals surface area contributed by atoms with Crippen LogP contribution in [-0.2, 0) is 0 Å². The first-order valence-electron chi connectivity index (χ1n) is 8.81. The minimum Gasteiger partial charge on any atom is -0.494 e. The van der Waals surface area contributed by atoms with Crippen LogP contribution in [0.2, 0.25) is 10.0 Å². The van der Waals surface area contributed by atoms with Crippen molar-refractivity contribution in [3.63, 3.8) is 0 Å². The number of hydrogen-bond acceptors (Lipinski definition) is 3. The molecule has 0 aliphatic carbocycles. The Morgan fingerprint density at radius 2 is 1.92 bits per heavy atom. The summed E-state index contributed by atoms with van der Waals surface area (Å²) in [6, 6.07) is 14.0. The molecule has 1 heterocycles. The van der Waals surface area contributed by atoms with E-state index in [0.29, 0.717) is 6.61 Å². The summed E-state index contributed by atoms with van der Waals surface area (Å²) in [5.74, 6) is 0.883. The Labute approximate surface area is 159 Å². The zero-order valence-electron chi connectivity index (χ0n) is 14.5. The fourth-order valence-electron chi connectivity index (χ4n) is 3.41. The highest BCUT2D eigenvalue weighted by Gasteiger charge is 2.26. The molecule has 0 aromatic heterocycles. The highest BCUT2D eigenvalue weighted by atomic mass is 35.5. The predicted molar refractivity (Wildman–Crippen MR) is 105 cm³/mol. The Morgan fingerprint density at radius 1 is 1.08 bits per heavy atom. The van der Waals surface area contributed by atoms with Crippen LogP contribution < -0.4 is 10.1 Å². The van der Waals surface area contributed by atoms with E-state index in [0.717, 1.165) is 59.5 Å². The molecular formula is C20H24Cl2N2O. The first-order valence-corrected chi connectivity index (χ1v) is 9.57. The predicted octanol–water partition coefficient (Wildman–Crippen LogP) is 4.78. The van der Waals surface area contributed by atoms with Crippen LogP contribution >= 0.6 is 23.2 Å². The van der Waals surface area contributed by atoms with Crippen LogP contribution in [0.1, 0.15) is 30.5 Å². The van der Waals surface area contributed by atoms with Crippen LogP contribution in [0.5, 0.6) is 5.75 Å². The lowest BCUT2D eigenvalue weighted by atomic mass is 9.95. The molecule has 1 unspecified atom stereocenters. The van der Waals surface area contributed by atoms with E-state index in [4.69, 9.17) is 27.9 Å². The first kappa shape index (κ1) is 18.5. The molecule has 1 N–H and O–H groups in total. The van der Waals surface area contributed by atoms with Gasteiger partial charge in [-0.3, -0.25) is 4.90 Å². The van der Waals surface area contributed by atoms with Gasteiger partial charge in [-0.05, 0) is 55.8 Å². The van der Waals surface area contributed by atoms with Crippen LogP contribution in [-0.4, -0.2) is 37.7 Å². The summed E-state index contributed by atoms with van der Waals surface area (Å²) >= 11 is 12.6. The van der Waals surface area contributed by atoms with Crippen molar-refractivity contribution in [3.8, 4) is 5.75 Å². The van der Waals surface area contributed by atoms with Crippen molar-refractivity contribution in [3.05, 3.63) is 63.6 Å². The van der Waals surface area contributed by atoms with E-state index in [9.17, 15) is 0 Å². The second-order valence-corrected chi connectivity index (χ2v) is 7.09. The van der Waals surface area contributed by atoms with Gasteiger partial charge in [0.05, 0.1) is 12.6 Å². The van der Waals surface area contributed by atoms with Gasteiger partial charge in [-0.25, -0.2) is 0 Å². The third kappa shape index (κ3) is 4.68. The fraction of sp³-hybridized carbons (Fsp3) is 0.400. The van der Waals surface area contributed by atoms with E-state index in [2.05, 4.69) is 16.3 Å². The van der Waals surface area contributed by atoms with Crippen molar-refractivity contribution in [1.29, 1.82) is 0 Å². The van der Waals surface area contributed by atoms with Gasteiger partial charge in [-0.1, -0.05) is 35.3 Å². The number of benzene rings is 2. The Hall–Kier alpha value is -1.26. The number of halogens is 2. The van der Waals surface area contributed by atoms with Crippen LogP contribution in [0.4, 0.5) is 0 Å². The summed E-state index contributed by atoms with van der Waals surface area (Å²) in [6.07, 6.45) is 1.11. The molecule has 0 amide bonds. The van der Waals surface area contributed by atoms with Crippen LogP contribution in [0, 0.1) is 0 Å². The van der Waals surface area contributed by atoms with Crippen molar-refractivity contribution < 1.29 is 4.74 Å². The molecule has 5 heteroatoms. The maximum atomic E-state index is 6.34. The van der Waals surface area contributed by atoms with E-state index in [1.807, 2.05) is 43.3 Å². The highest BCUT2D eigenvalue weighted by Crippen LogP contribution is 2.37. The minimum absolute atomic E-state index is 0.0684. The minimum atomic E-state index is 0.0684. The van der Waals surface area contributed by atoms with Crippen molar-refractivity contribution in [1.82, 2.24) is 10.2 Å². The standard InChI is InChI=1S/C20H24Cl2N2O/c1-2-25-19-8-7-17(22)14-18(19)20(15-5-3-6-16(21)13-15)24-11-4-9-23-10-12-24/h3,5-8,13-14,20,23H,2,4,9-12H2,1H3. The molecule has 2 aromatic carbocycles. The summed E-state index contributed by atoms with van der Waals surface area (Å²) in [5.41, 5.74) is 2.26. The maximum absolute atomic E-state index is 6.34.